The number of nitrogens with one attached hydrogen (secondary N) is 1. The third kappa shape index (κ3) is 5.21. The van der Waals surface area contributed by atoms with Crippen molar-refractivity contribution >= 4 is 27.3 Å². The molecule has 1 aromatic heterocycles. The van der Waals surface area contributed by atoms with Crippen LogP contribution in [0, 0.1) is 6.92 Å². The van der Waals surface area contributed by atoms with Gasteiger partial charge in [0.05, 0.1) is 16.4 Å². The summed E-state index contributed by atoms with van der Waals surface area (Å²) in [6.07, 6.45) is 4.69. The standard InChI is InChI=1S/C19H25BrN4O/c1-14(16-8-5-6-9-18(16)25)12-19(21-10-7-11-23(3)4)24-15(2)17(20)13-22-24/h5-6,8-9,12-13,21,25H,1,7,10-11H2,2-4H3/b19-12-. The number of phenolic OH excluding ortho intramolecular Hbond substituents is 1. The lowest BCUT2D eigenvalue weighted by molar-refractivity contribution is 0.399. The first-order valence-electron chi connectivity index (χ1n) is 8.18. The number of nitrogens with zero attached hydrogens (tertiary/aromatic N) is 3. The van der Waals surface area contributed by atoms with E-state index < -0.39 is 0 Å². The highest BCUT2D eigenvalue weighted by molar-refractivity contribution is 9.10. The normalized spacial score (nSPS) is 11.8. The molecule has 25 heavy (non-hydrogen) atoms. The molecule has 6 heteroatoms. The Kier molecular flexibility index (Phi) is 6.84. The van der Waals surface area contributed by atoms with Crippen LogP contribution in [0.1, 0.15) is 17.7 Å². The van der Waals surface area contributed by atoms with Gasteiger partial charge in [-0.2, -0.15) is 5.10 Å². The first kappa shape index (κ1) is 19.3. The van der Waals surface area contributed by atoms with Gasteiger partial charge in [0.1, 0.15) is 11.6 Å². The van der Waals surface area contributed by atoms with Crippen LogP contribution >= 0.6 is 15.9 Å². The smallest absolute Gasteiger partial charge is 0.128 e. The number of allylic oxidation sites excluding steroid dienone is 2. The number of rotatable bonds is 8. The SMILES string of the molecule is C=C(/C=C(/NCCCN(C)C)n1ncc(Br)c1C)c1ccccc1O. The second-order valence-electron chi connectivity index (χ2n) is 6.15. The summed E-state index contributed by atoms with van der Waals surface area (Å²) in [4.78, 5) is 2.15. The van der Waals surface area contributed by atoms with Crippen molar-refractivity contribution < 1.29 is 5.11 Å². The molecule has 0 radical (unpaired) electrons. The van der Waals surface area contributed by atoms with Crippen LogP contribution in [0.3, 0.4) is 0 Å². The monoisotopic (exact) mass is 404 g/mol. The Morgan fingerprint density at radius 3 is 2.72 bits per heavy atom. The van der Waals surface area contributed by atoms with Crippen LogP contribution < -0.4 is 5.32 Å². The van der Waals surface area contributed by atoms with Crippen molar-refractivity contribution in [3.05, 3.63) is 58.8 Å². The van der Waals surface area contributed by atoms with Crippen LogP contribution in [0.25, 0.3) is 11.4 Å². The molecule has 0 bridgehead atoms. The van der Waals surface area contributed by atoms with E-state index in [2.05, 4.69) is 51.9 Å². The molecule has 0 fully saturated rings. The first-order valence-corrected chi connectivity index (χ1v) is 8.97. The topological polar surface area (TPSA) is 53.3 Å². The van der Waals surface area contributed by atoms with Gasteiger partial charge in [-0.1, -0.05) is 24.8 Å². The van der Waals surface area contributed by atoms with Crippen LogP contribution in [-0.2, 0) is 0 Å². The Bertz CT molecular complexity index is 765. The van der Waals surface area contributed by atoms with Crippen molar-refractivity contribution in [2.24, 2.45) is 0 Å². The molecule has 0 aliphatic carbocycles. The Labute approximate surface area is 157 Å². The number of aromatic hydroxyl groups is 1. The first-order chi connectivity index (χ1) is 11.9. The zero-order valence-electron chi connectivity index (χ0n) is 15.0. The van der Waals surface area contributed by atoms with Crippen LogP contribution in [0.15, 0.2) is 47.6 Å². The van der Waals surface area contributed by atoms with Gasteiger partial charge in [0.2, 0.25) is 0 Å². The number of hydrogen-bond acceptors (Lipinski definition) is 4. The molecule has 0 unspecified atom stereocenters. The lowest BCUT2D eigenvalue weighted by Gasteiger charge is -2.15. The fourth-order valence-electron chi connectivity index (χ4n) is 2.42. The van der Waals surface area contributed by atoms with Crippen LogP contribution in [0.5, 0.6) is 5.75 Å². The maximum atomic E-state index is 10.1. The highest BCUT2D eigenvalue weighted by atomic mass is 79.9. The van der Waals surface area contributed by atoms with Crippen molar-refractivity contribution in [1.82, 2.24) is 20.0 Å². The van der Waals surface area contributed by atoms with Crippen LogP contribution in [-0.4, -0.2) is 47.0 Å². The largest absolute Gasteiger partial charge is 0.507 e. The Morgan fingerprint density at radius 2 is 2.12 bits per heavy atom. The highest BCUT2D eigenvalue weighted by Gasteiger charge is 2.10. The summed E-state index contributed by atoms with van der Waals surface area (Å²) in [6, 6.07) is 7.19. The molecule has 1 heterocycles. The summed E-state index contributed by atoms with van der Waals surface area (Å²) in [7, 11) is 4.12. The van der Waals surface area contributed by atoms with E-state index in [1.807, 2.05) is 29.8 Å². The predicted molar refractivity (Wildman–Crippen MR) is 107 cm³/mol. The molecule has 0 aliphatic rings. The van der Waals surface area contributed by atoms with Crippen LogP contribution in [0.2, 0.25) is 0 Å². The van der Waals surface area contributed by atoms with Gasteiger partial charge in [0.25, 0.3) is 0 Å². The van der Waals surface area contributed by atoms with E-state index in [0.29, 0.717) is 5.56 Å². The molecule has 0 atom stereocenters. The number of para-hydroxylation sites is 1. The summed E-state index contributed by atoms with van der Waals surface area (Å²) in [5, 5.41) is 17.9. The zero-order valence-corrected chi connectivity index (χ0v) is 16.5. The quantitative estimate of drug-likeness (QED) is 0.519. The minimum absolute atomic E-state index is 0.217. The van der Waals surface area contributed by atoms with Crippen LogP contribution in [0.4, 0.5) is 0 Å². The van der Waals surface area contributed by atoms with Gasteiger partial charge >= 0.3 is 0 Å². The Morgan fingerprint density at radius 1 is 1.40 bits per heavy atom. The zero-order chi connectivity index (χ0) is 18.4. The van der Waals surface area contributed by atoms with E-state index in [4.69, 9.17) is 0 Å². The number of halogens is 1. The molecule has 0 aliphatic heterocycles. The molecule has 5 nitrogen and oxygen atoms in total. The predicted octanol–water partition coefficient (Wildman–Crippen LogP) is 3.71. The molecular weight excluding hydrogens is 380 g/mol. The maximum absolute atomic E-state index is 10.1. The minimum Gasteiger partial charge on any atom is -0.507 e. The van der Waals surface area contributed by atoms with Gasteiger partial charge in [-0.3, -0.25) is 0 Å². The van der Waals surface area contributed by atoms with Gasteiger partial charge in [0, 0.05) is 12.1 Å². The third-order valence-electron chi connectivity index (χ3n) is 3.83. The van der Waals surface area contributed by atoms with Crippen molar-refractivity contribution in [2.45, 2.75) is 13.3 Å². The molecule has 2 aromatic rings. The summed E-state index contributed by atoms with van der Waals surface area (Å²) < 4.78 is 2.78. The fourth-order valence-corrected chi connectivity index (χ4v) is 2.68. The van der Waals surface area contributed by atoms with Crippen molar-refractivity contribution in [1.29, 1.82) is 0 Å². The number of aromatic nitrogens is 2. The summed E-state index contributed by atoms with van der Waals surface area (Å²) in [5.74, 6) is 1.05. The second-order valence-corrected chi connectivity index (χ2v) is 7.00. The Hall–Kier alpha value is -2.05. The molecule has 0 saturated carbocycles. The van der Waals surface area contributed by atoms with E-state index in [0.717, 1.165) is 41.1 Å². The summed E-state index contributed by atoms with van der Waals surface area (Å²) in [5.41, 5.74) is 2.43. The number of benzene rings is 1. The number of phenols is 1. The van der Waals surface area contributed by atoms with E-state index >= 15 is 0 Å². The average Bonchev–Trinajstić information content (AvgIpc) is 2.90. The molecule has 2 rings (SSSR count). The van der Waals surface area contributed by atoms with Gasteiger partial charge in [-0.25, -0.2) is 4.68 Å². The minimum atomic E-state index is 0.217. The average molecular weight is 405 g/mol. The van der Waals surface area contributed by atoms with Gasteiger partial charge in [-0.05, 0) is 67.6 Å². The van der Waals surface area contributed by atoms with E-state index in [1.165, 1.54) is 0 Å². The van der Waals surface area contributed by atoms with Gasteiger partial charge < -0.3 is 15.3 Å². The van der Waals surface area contributed by atoms with E-state index in [1.54, 1.807) is 18.3 Å². The van der Waals surface area contributed by atoms with Gasteiger partial charge in [-0.15, -0.1) is 0 Å². The molecule has 0 saturated heterocycles. The second kappa shape index (κ2) is 8.87. The molecular formula is C19H25BrN4O. The maximum Gasteiger partial charge on any atom is 0.128 e. The lowest BCUT2D eigenvalue weighted by Crippen LogP contribution is -2.23. The highest BCUT2D eigenvalue weighted by Crippen LogP contribution is 2.26. The van der Waals surface area contributed by atoms with Crippen molar-refractivity contribution in [2.75, 3.05) is 27.2 Å². The van der Waals surface area contributed by atoms with Gasteiger partial charge in [0.15, 0.2) is 0 Å². The molecule has 1 aromatic carbocycles. The number of hydrogen-bond donors (Lipinski definition) is 2. The lowest BCUT2D eigenvalue weighted by atomic mass is 10.1. The summed E-state index contributed by atoms with van der Waals surface area (Å²) in [6.45, 7) is 7.92. The van der Waals surface area contributed by atoms with Crippen molar-refractivity contribution in [3.8, 4) is 5.75 Å². The molecule has 2 N–H and O–H groups in total. The molecule has 134 valence electrons. The molecule has 0 amide bonds. The van der Waals surface area contributed by atoms with E-state index in [9.17, 15) is 5.11 Å². The van der Waals surface area contributed by atoms with Crippen molar-refractivity contribution in [3.63, 3.8) is 0 Å². The third-order valence-corrected chi connectivity index (χ3v) is 4.61. The summed E-state index contributed by atoms with van der Waals surface area (Å²) >= 11 is 3.50. The fraction of sp³-hybridized carbons (Fsp3) is 0.316. The Balaban J connectivity index is 2.26. The van der Waals surface area contributed by atoms with E-state index in [-0.39, 0.29) is 5.75 Å². The molecule has 0 spiro atoms.